The van der Waals surface area contributed by atoms with Crippen molar-refractivity contribution in [3.63, 3.8) is 0 Å². The number of nitrogens with two attached hydrogens (primary N) is 1. The Kier molecular flexibility index (Phi) is 6.57. The van der Waals surface area contributed by atoms with Gasteiger partial charge in [0.25, 0.3) is 0 Å². The fourth-order valence-corrected chi connectivity index (χ4v) is 6.26. The molecule has 1 saturated carbocycles. The third-order valence-corrected chi connectivity index (χ3v) is 8.56. The molecule has 1 amide bonds. The van der Waals surface area contributed by atoms with E-state index in [0.29, 0.717) is 11.5 Å². The SMILES string of the molecule is CC(C)(C)c1nnc(-c2ccc3c(c2)N(Cc2ccc(OC4CCCC4)cc2)C(=O)[C@@H](N)CS3(=O)=O)o1. The maximum Gasteiger partial charge on any atom is 0.247 e. The van der Waals surface area contributed by atoms with Gasteiger partial charge in [-0.1, -0.05) is 32.9 Å². The number of carbonyl (C=O) groups is 1. The van der Waals surface area contributed by atoms with Crippen molar-refractivity contribution < 1.29 is 22.4 Å². The molecule has 37 heavy (non-hydrogen) atoms. The third-order valence-electron chi connectivity index (χ3n) is 6.75. The second kappa shape index (κ2) is 9.57. The maximum absolute atomic E-state index is 13.3. The summed E-state index contributed by atoms with van der Waals surface area (Å²) in [6.45, 7) is 6.03. The number of aromatic nitrogens is 2. The lowest BCUT2D eigenvalue weighted by atomic mass is 9.97. The van der Waals surface area contributed by atoms with E-state index in [4.69, 9.17) is 14.9 Å². The highest BCUT2D eigenvalue weighted by molar-refractivity contribution is 7.91. The van der Waals surface area contributed by atoms with Crippen LogP contribution in [0.4, 0.5) is 5.69 Å². The number of sulfone groups is 1. The van der Waals surface area contributed by atoms with Crippen molar-refractivity contribution in [1.29, 1.82) is 0 Å². The third kappa shape index (κ3) is 5.26. The van der Waals surface area contributed by atoms with E-state index in [1.807, 2.05) is 45.0 Å². The lowest BCUT2D eigenvalue weighted by Gasteiger charge is -2.24. The second-order valence-corrected chi connectivity index (χ2v) is 12.8. The van der Waals surface area contributed by atoms with Gasteiger partial charge in [0.05, 0.1) is 35.0 Å². The summed E-state index contributed by atoms with van der Waals surface area (Å²) >= 11 is 0. The summed E-state index contributed by atoms with van der Waals surface area (Å²) in [4.78, 5) is 14.8. The van der Waals surface area contributed by atoms with Crippen LogP contribution >= 0.6 is 0 Å². The average Bonchev–Trinajstić information content (AvgIpc) is 3.54. The highest BCUT2D eigenvalue weighted by Crippen LogP contribution is 2.36. The Morgan fingerprint density at radius 3 is 2.43 bits per heavy atom. The predicted molar refractivity (Wildman–Crippen MR) is 139 cm³/mol. The largest absolute Gasteiger partial charge is 0.490 e. The lowest BCUT2D eigenvalue weighted by molar-refractivity contribution is -0.119. The average molecular weight is 525 g/mol. The topological polar surface area (TPSA) is 129 Å². The first-order valence-corrected chi connectivity index (χ1v) is 14.2. The molecule has 1 aromatic heterocycles. The Bertz CT molecular complexity index is 1400. The zero-order chi connectivity index (χ0) is 26.4. The van der Waals surface area contributed by atoms with E-state index >= 15 is 0 Å². The monoisotopic (exact) mass is 524 g/mol. The molecule has 2 aromatic carbocycles. The lowest BCUT2D eigenvalue weighted by Crippen LogP contribution is -2.45. The van der Waals surface area contributed by atoms with Gasteiger partial charge in [0.15, 0.2) is 9.84 Å². The molecule has 3 aromatic rings. The van der Waals surface area contributed by atoms with Crippen LogP contribution in [0.15, 0.2) is 51.8 Å². The van der Waals surface area contributed by atoms with Crippen molar-refractivity contribution in [3.8, 4) is 17.2 Å². The molecule has 0 radical (unpaired) electrons. The van der Waals surface area contributed by atoms with Crippen molar-refractivity contribution in [2.45, 2.75) is 75.5 Å². The van der Waals surface area contributed by atoms with Gasteiger partial charge in [0.2, 0.25) is 17.7 Å². The van der Waals surface area contributed by atoms with E-state index in [1.165, 1.54) is 23.8 Å². The number of anilines is 1. The van der Waals surface area contributed by atoms with E-state index in [1.54, 1.807) is 12.1 Å². The van der Waals surface area contributed by atoms with Crippen LogP contribution in [0.3, 0.4) is 0 Å². The number of hydrogen-bond donors (Lipinski definition) is 1. The Labute approximate surface area is 216 Å². The molecule has 2 aliphatic rings. The molecule has 5 rings (SSSR count). The number of hydrogen-bond acceptors (Lipinski definition) is 8. The Balaban J connectivity index is 1.50. The molecule has 1 aliphatic carbocycles. The Hall–Kier alpha value is -3.24. The first-order chi connectivity index (χ1) is 17.5. The van der Waals surface area contributed by atoms with Crippen LogP contribution in [0, 0.1) is 0 Å². The normalized spacial score (nSPS) is 20.1. The van der Waals surface area contributed by atoms with Crippen molar-refractivity contribution in [2.24, 2.45) is 5.73 Å². The van der Waals surface area contributed by atoms with Crippen LogP contribution in [0.1, 0.15) is 57.9 Å². The maximum atomic E-state index is 13.3. The minimum Gasteiger partial charge on any atom is -0.490 e. The number of ether oxygens (including phenoxy) is 1. The molecule has 1 aliphatic heterocycles. The van der Waals surface area contributed by atoms with Gasteiger partial charge in [-0.15, -0.1) is 10.2 Å². The van der Waals surface area contributed by atoms with E-state index in [-0.39, 0.29) is 34.5 Å². The summed E-state index contributed by atoms with van der Waals surface area (Å²) in [6.07, 6.45) is 4.74. The summed E-state index contributed by atoms with van der Waals surface area (Å²) in [6, 6.07) is 11.1. The molecule has 0 unspecified atom stereocenters. The van der Waals surface area contributed by atoms with Gasteiger partial charge in [0.1, 0.15) is 5.75 Å². The molecular weight excluding hydrogens is 492 g/mol. The van der Waals surface area contributed by atoms with E-state index in [0.717, 1.165) is 24.2 Å². The summed E-state index contributed by atoms with van der Waals surface area (Å²) in [5.74, 6) is 0.564. The molecule has 0 spiro atoms. The molecule has 0 saturated heterocycles. The summed E-state index contributed by atoms with van der Waals surface area (Å²) in [7, 11) is -3.80. The molecule has 10 heteroatoms. The van der Waals surface area contributed by atoms with Gasteiger partial charge in [-0.3, -0.25) is 4.79 Å². The van der Waals surface area contributed by atoms with Crippen LogP contribution in [0.25, 0.3) is 11.5 Å². The first kappa shape index (κ1) is 25.4. The predicted octanol–water partition coefficient (Wildman–Crippen LogP) is 4.00. The molecular formula is C27H32N4O5S. The van der Waals surface area contributed by atoms with Crippen molar-refractivity contribution >= 4 is 21.4 Å². The number of fused-ring (bicyclic) bond motifs is 1. The van der Waals surface area contributed by atoms with E-state index < -0.39 is 27.5 Å². The molecule has 9 nitrogen and oxygen atoms in total. The highest BCUT2D eigenvalue weighted by atomic mass is 32.2. The molecule has 1 atom stereocenters. The van der Waals surface area contributed by atoms with Crippen LogP contribution in [0.2, 0.25) is 0 Å². The molecule has 0 bridgehead atoms. The van der Waals surface area contributed by atoms with Crippen molar-refractivity contribution in [1.82, 2.24) is 10.2 Å². The molecule has 196 valence electrons. The van der Waals surface area contributed by atoms with Gasteiger partial charge < -0.3 is 19.8 Å². The van der Waals surface area contributed by atoms with E-state index in [2.05, 4.69) is 10.2 Å². The number of benzene rings is 2. The van der Waals surface area contributed by atoms with Gasteiger partial charge in [-0.25, -0.2) is 8.42 Å². The second-order valence-electron chi connectivity index (χ2n) is 10.8. The van der Waals surface area contributed by atoms with Gasteiger partial charge in [0, 0.05) is 11.0 Å². The van der Waals surface area contributed by atoms with Gasteiger partial charge in [-0.2, -0.15) is 0 Å². The highest BCUT2D eigenvalue weighted by Gasteiger charge is 2.36. The summed E-state index contributed by atoms with van der Waals surface area (Å²) < 4.78 is 38.1. The van der Waals surface area contributed by atoms with Gasteiger partial charge in [-0.05, 0) is 61.6 Å². The number of carbonyl (C=O) groups excluding carboxylic acids is 1. The Morgan fingerprint density at radius 1 is 1.08 bits per heavy atom. The minimum absolute atomic E-state index is 0.0503. The molecule has 2 N–H and O–H groups in total. The van der Waals surface area contributed by atoms with Crippen molar-refractivity contribution in [2.75, 3.05) is 10.7 Å². The minimum atomic E-state index is -3.80. The standard InChI is InChI=1S/C27H32N4O5S/c1-27(2,3)26-30-29-24(36-26)18-10-13-23-22(14-18)31(25(32)21(28)16-37(23,33)34)15-17-8-11-20(12-9-17)35-19-6-4-5-7-19/h8-14,19,21H,4-7,15-16,28H2,1-3H3/t21-/m0/s1. The van der Waals surface area contributed by atoms with Crippen molar-refractivity contribution in [3.05, 3.63) is 53.9 Å². The fraction of sp³-hybridized carbons (Fsp3) is 0.444. The van der Waals surface area contributed by atoms with E-state index in [9.17, 15) is 13.2 Å². The zero-order valence-corrected chi connectivity index (χ0v) is 22.1. The summed E-state index contributed by atoms with van der Waals surface area (Å²) in [5.41, 5.74) is 7.31. The smallest absolute Gasteiger partial charge is 0.247 e. The molecule has 1 fully saturated rings. The van der Waals surface area contributed by atoms with Gasteiger partial charge >= 0.3 is 0 Å². The molecule has 2 heterocycles. The van der Waals surface area contributed by atoms with Crippen LogP contribution in [-0.2, 0) is 26.6 Å². The Morgan fingerprint density at radius 2 is 1.78 bits per heavy atom. The number of nitrogens with zero attached hydrogens (tertiary/aromatic N) is 3. The quantitative estimate of drug-likeness (QED) is 0.530. The van der Waals surface area contributed by atoms with Crippen LogP contribution < -0.4 is 15.4 Å². The number of amides is 1. The number of rotatable bonds is 5. The first-order valence-electron chi connectivity index (χ1n) is 12.5. The van der Waals surface area contributed by atoms with Crippen LogP contribution in [-0.4, -0.2) is 42.4 Å². The van der Waals surface area contributed by atoms with Crippen LogP contribution in [0.5, 0.6) is 5.75 Å². The zero-order valence-electron chi connectivity index (χ0n) is 21.3. The summed E-state index contributed by atoms with van der Waals surface area (Å²) in [5, 5.41) is 8.28. The fourth-order valence-electron chi connectivity index (χ4n) is 4.70.